The number of hydrogen-bond donors (Lipinski definition) is 1. The molecule has 1 N–H and O–H groups in total. The molecule has 90 valence electrons. The van der Waals surface area contributed by atoms with Gasteiger partial charge in [-0.3, -0.25) is 0 Å². The van der Waals surface area contributed by atoms with Crippen LogP contribution in [0.1, 0.15) is 32.5 Å². The molecule has 0 saturated heterocycles. The van der Waals surface area contributed by atoms with Crippen LogP contribution in [0.3, 0.4) is 0 Å². The molecule has 2 atom stereocenters. The van der Waals surface area contributed by atoms with Crippen LogP contribution in [0.15, 0.2) is 0 Å². The lowest BCUT2D eigenvalue weighted by Gasteiger charge is -2.18. The number of hydrogen-bond acceptors (Lipinski definition) is 4. The monoisotopic (exact) mass is 223 g/mol. The van der Waals surface area contributed by atoms with Crippen molar-refractivity contribution in [3.8, 4) is 0 Å². The van der Waals surface area contributed by atoms with Gasteiger partial charge in [-0.25, -0.2) is 0 Å². The van der Waals surface area contributed by atoms with Crippen LogP contribution in [-0.4, -0.2) is 32.8 Å². The smallest absolute Gasteiger partial charge is 0.175 e. The van der Waals surface area contributed by atoms with E-state index in [0.717, 1.165) is 24.8 Å². The molecule has 1 fully saturated rings. The van der Waals surface area contributed by atoms with E-state index in [2.05, 4.69) is 34.6 Å². The first-order valence-electron chi connectivity index (χ1n) is 6.11. The van der Waals surface area contributed by atoms with E-state index in [1.165, 1.54) is 17.6 Å². The second kappa shape index (κ2) is 4.91. The summed E-state index contributed by atoms with van der Waals surface area (Å²) in [5.74, 6) is 2.10. The van der Waals surface area contributed by atoms with Crippen molar-refractivity contribution in [2.75, 3.05) is 6.54 Å². The minimum Gasteiger partial charge on any atom is -0.314 e. The van der Waals surface area contributed by atoms with E-state index in [4.69, 9.17) is 0 Å². The highest BCUT2D eigenvalue weighted by Gasteiger charge is 2.22. The Labute approximate surface area is 96.6 Å². The van der Waals surface area contributed by atoms with Gasteiger partial charge in [0.1, 0.15) is 0 Å². The molecule has 16 heavy (non-hydrogen) atoms. The maximum atomic E-state index is 4.21. The second-order valence-corrected chi connectivity index (χ2v) is 5.04. The summed E-state index contributed by atoms with van der Waals surface area (Å²) in [6.45, 7) is 5.65. The van der Waals surface area contributed by atoms with Crippen LogP contribution in [0.4, 0.5) is 0 Å². The Balaban J connectivity index is 1.74. The molecule has 1 aliphatic rings. The minimum atomic E-state index is 0.593. The van der Waals surface area contributed by atoms with E-state index in [1.54, 1.807) is 7.05 Å². The van der Waals surface area contributed by atoms with Gasteiger partial charge in [-0.15, -0.1) is 10.2 Å². The average molecular weight is 223 g/mol. The van der Waals surface area contributed by atoms with Gasteiger partial charge in [0.2, 0.25) is 0 Å². The zero-order valence-corrected chi connectivity index (χ0v) is 10.3. The molecule has 5 heteroatoms. The van der Waals surface area contributed by atoms with Crippen molar-refractivity contribution < 1.29 is 0 Å². The van der Waals surface area contributed by atoms with E-state index >= 15 is 0 Å². The molecule has 0 spiro atoms. The van der Waals surface area contributed by atoms with E-state index in [9.17, 15) is 0 Å². The third-order valence-electron chi connectivity index (χ3n) is 3.33. The van der Waals surface area contributed by atoms with Crippen molar-refractivity contribution in [1.29, 1.82) is 0 Å². The van der Waals surface area contributed by atoms with Gasteiger partial charge in [-0.05, 0) is 36.4 Å². The van der Waals surface area contributed by atoms with Gasteiger partial charge in [0.25, 0.3) is 0 Å². The second-order valence-electron chi connectivity index (χ2n) is 5.04. The molecule has 1 saturated carbocycles. The predicted octanol–water partition coefficient (Wildman–Crippen LogP) is 0.777. The fourth-order valence-corrected chi connectivity index (χ4v) is 1.74. The fourth-order valence-electron chi connectivity index (χ4n) is 1.74. The van der Waals surface area contributed by atoms with Crippen LogP contribution in [0.2, 0.25) is 0 Å². The van der Waals surface area contributed by atoms with E-state index in [0.29, 0.717) is 11.8 Å². The zero-order valence-electron chi connectivity index (χ0n) is 10.3. The van der Waals surface area contributed by atoms with Crippen molar-refractivity contribution in [3.63, 3.8) is 0 Å². The molecular weight excluding hydrogens is 202 g/mol. The molecule has 1 heterocycles. The molecular formula is C11H21N5. The first-order chi connectivity index (χ1) is 7.65. The van der Waals surface area contributed by atoms with Gasteiger partial charge in [0.05, 0.1) is 7.05 Å². The quantitative estimate of drug-likeness (QED) is 0.774. The largest absolute Gasteiger partial charge is 0.314 e. The molecule has 0 aliphatic heterocycles. The topological polar surface area (TPSA) is 55.6 Å². The number of rotatable bonds is 6. The zero-order chi connectivity index (χ0) is 11.5. The lowest BCUT2D eigenvalue weighted by Crippen LogP contribution is -2.27. The van der Waals surface area contributed by atoms with Crippen molar-refractivity contribution in [3.05, 3.63) is 5.82 Å². The van der Waals surface area contributed by atoms with E-state index in [1.807, 2.05) is 0 Å². The summed E-state index contributed by atoms with van der Waals surface area (Å²) in [7, 11) is 1.80. The van der Waals surface area contributed by atoms with Crippen LogP contribution in [-0.2, 0) is 13.5 Å². The molecule has 0 bridgehead atoms. The summed E-state index contributed by atoms with van der Waals surface area (Å²) in [6, 6.07) is 0.796. The molecule has 2 rings (SSSR count). The average Bonchev–Trinajstić information content (AvgIpc) is 2.99. The van der Waals surface area contributed by atoms with Crippen molar-refractivity contribution in [1.82, 2.24) is 25.5 Å². The lowest BCUT2D eigenvalue weighted by molar-refractivity contribution is 0.358. The molecule has 1 aromatic rings. The summed E-state index contributed by atoms with van der Waals surface area (Å²) < 4.78 is 0. The summed E-state index contributed by atoms with van der Waals surface area (Å²) in [6.07, 6.45) is 3.63. The molecule has 5 nitrogen and oxygen atoms in total. The minimum absolute atomic E-state index is 0.593. The number of tetrazole rings is 1. The lowest BCUT2D eigenvalue weighted by atomic mass is 9.92. The summed E-state index contributed by atoms with van der Waals surface area (Å²) in [5, 5.41) is 15.7. The van der Waals surface area contributed by atoms with Gasteiger partial charge >= 0.3 is 0 Å². The summed E-state index contributed by atoms with van der Waals surface area (Å²) in [5.41, 5.74) is 0. The maximum absolute atomic E-state index is 4.21. The van der Waals surface area contributed by atoms with E-state index in [-0.39, 0.29) is 0 Å². The number of nitrogens with zero attached hydrogens (tertiary/aromatic N) is 4. The number of aromatic nitrogens is 4. The van der Waals surface area contributed by atoms with Crippen LogP contribution in [0, 0.1) is 11.8 Å². The van der Waals surface area contributed by atoms with Crippen LogP contribution < -0.4 is 5.32 Å². The first kappa shape index (κ1) is 11.5. The molecule has 2 unspecified atom stereocenters. The molecule has 0 radical (unpaired) electrons. The van der Waals surface area contributed by atoms with Crippen LogP contribution in [0.5, 0.6) is 0 Å². The first-order valence-corrected chi connectivity index (χ1v) is 6.11. The molecule has 1 aliphatic carbocycles. The Bertz CT molecular complexity index is 331. The normalized spacial score (nSPS) is 19.7. The SMILES string of the molecule is CC(CNC1CC1)C(C)Cc1nnn(C)n1. The predicted molar refractivity (Wildman–Crippen MR) is 61.9 cm³/mol. The Morgan fingerprint density at radius 3 is 2.69 bits per heavy atom. The molecule has 1 aromatic heterocycles. The third kappa shape index (κ3) is 3.27. The molecule has 0 amide bonds. The third-order valence-corrected chi connectivity index (χ3v) is 3.33. The fraction of sp³-hybridized carbons (Fsp3) is 0.909. The Morgan fingerprint density at radius 1 is 1.38 bits per heavy atom. The van der Waals surface area contributed by atoms with Crippen LogP contribution in [0.25, 0.3) is 0 Å². The highest BCUT2D eigenvalue weighted by Crippen LogP contribution is 2.20. The number of aryl methyl sites for hydroxylation is 1. The highest BCUT2D eigenvalue weighted by atomic mass is 15.6. The Morgan fingerprint density at radius 2 is 2.12 bits per heavy atom. The number of nitrogens with one attached hydrogen (secondary N) is 1. The Kier molecular flexibility index (Phi) is 3.53. The van der Waals surface area contributed by atoms with Crippen molar-refractivity contribution in [2.24, 2.45) is 18.9 Å². The van der Waals surface area contributed by atoms with Gasteiger partial charge in [-0.1, -0.05) is 13.8 Å². The Hall–Kier alpha value is -0.970. The van der Waals surface area contributed by atoms with Gasteiger partial charge in [0, 0.05) is 12.5 Å². The summed E-state index contributed by atoms with van der Waals surface area (Å²) in [4.78, 5) is 1.52. The van der Waals surface area contributed by atoms with Gasteiger partial charge < -0.3 is 5.32 Å². The van der Waals surface area contributed by atoms with E-state index < -0.39 is 0 Å². The van der Waals surface area contributed by atoms with Crippen molar-refractivity contribution >= 4 is 0 Å². The van der Waals surface area contributed by atoms with Gasteiger partial charge in [0.15, 0.2) is 5.82 Å². The standard InChI is InChI=1S/C11H21N5/c1-8(6-11-13-15-16(3)14-11)9(2)7-12-10-4-5-10/h8-10,12H,4-7H2,1-3H3. The maximum Gasteiger partial charge on any atom is 0.175 e. The van der Waals surface area contributed by atoms with Crippen LogP contribution >= 0.6 is 0 Å². The molecule has 0 aromatic carbocycles. The van der Waals surface area contributed by atoms with Gasteiger partial charge in [-0.2, -0.15) is 4.80 Å². The summed E-state index contributed by atoms with van der Waals surface area (Å²) >= 11 is 0. The van der Waals surface area contributed by atoms with Crippen molar-refractivity contribution in [2.45, 2.75) is 39.2 Å². The highest BCUT2D eigenvalue weighted by molar-refractivity contribution is 4.85.